The first kappa shape index (κ1) is 11.5. The molecule has 0 amide bonds. The Bertz CT molecular complexity index is 307. The van der Waals surface area contributed by atoms with Crippen LogP contribution in [0.1, 0.15) is 25.7 Å². The van der Waals surface area contributed by atoms with Crippen LogP contribution in [0.15, 0.2) is 12.4 Å². The Morgan fingerprint density at radius 1 is 1.56 bits per heavy atom. The molecule has 1 aromatic rings. The number of anilines is 1. The van der Waals surface area contributed by atoms with Crippen LogP contribution >= 0.6 is 0 Å². The maximum absolute atomic E-state index is 5.06. The minimum absolute atomic E-state index is 0.730. The molecule has 4 heteroatoms. The van der Waals surface area contributed by atoms with E-state index in [0.29, 0.717) is 0 Å². The maximum atomic E-state index is 5.06. The van der Waals surface area contributed by atoms with Crippen LogP contribution in [0.25, 0.3) is 0 Å². The molecule has 1 aliphatic carbocycles. The van der Waals surface area contributed by atoms with E-state index in [4.69, 9.17) is 4.74 Å². The average Bonchev–Trinajstić information content (AvgIpc) is 2.66. The highest BCUT2D eigenvalue weighted by Crippen LogP contribution is 2.29. The summed E-state index contributed by atoms with van der Waals surface area (Å²) in [7, 11) is 1.72. The Balaban J connectivity index is 1.72. The van der Waals surface area contributed by atoms with E-state index >= 15 is 0 Å². The van der Waals surface area contributed by atoms with E-state index in [0.717, 1.165) is 31.6 Å². The fourth-order valence-electron chi connectivity index (χ4n) is 2.02. The Kier molecular flexibility index (Phi) is 4.22. The van der Waals surface area contributed by atoms with Gasteiger partial charge in [0.25, 0.3) is 0 Å². The summed E-state index contributed by atoms with van der Waals surface area (Å²) in [4.78, 5) is 4.31. The van der Waals surface area contributed by atoms with Gasteiger partial charge in [0, 0.05) is 32.6 Å². The number of methoxy groups -OCH3 is 1. The topological polar surface area (TPSA) is 39.1 Å². The number of hydrogen-bond donors (Lipinski definition) is 1. The number of imidazole rings is 1. The van der Waals surface area contributed by atoms with Crippen molar-refractivity contribution >= 4 is 5.95 Å². The maximum Gasteiger partial charge on any atom is 0.202 e. The van der Waals surface area contributed by atoms with Gasteiger partial charge in [0.2, 0.25) is 5.95 Å². The lowest BCUT2D eigenvalue weighted by molar-refractivity contribution is 0.187. The van der Waals surface area contributed by atoms with Crippen molar-refractivity contribution in [3.05, 3.63) is 12.4 Å². The normalized spacial score (nSPS) is 16.1. The third-order valence-corrected chi connectivity index (χ3v) is 3.31. The molecule has 1 saturated carbocycles. The summed E-state index contributed by atoms with van der Waals surface area (Å²) in [6, 6.07) is 0. The average molecular weight is 223 g/mol. The van der Waals surface area contributed by atoms with Gasteiger partial charge in [-0.3, -0.25) is 0 Å². The van der Waals surface area contributed by atoms with E-state index < -0.39 is 0 Å². The lowest BCUT2D eigenvalue weighted by Crippen LogP contribution is -2.17. The quantitative estimate of drug-likeness (QED) is 0.769. The molecule has 2 rings (SSSR count). The Labute approximate surface area is 97.0 Å². The Hall–Kier alpha value is -1.03. The van der Waals surface area contributed by atoms with E-state index in [2.05, 4.69) is 14.9 Å². The molecule has 0 unspecified atom stereocenters. The minimum Gasteiger partial charge on any atom is -0.383 e. The highest BCUT2D eigenvalue weighted by molar-refractivity contribution is 5.25. The van der Waals surface area contributed by atoms with E-state index in [1.54, 1.807) is 7.11 Å². The number of hydrogen-bond acceptors (Lipinski definition) is 3. The fourth-order valence-corrected chi connectivity index (χ4v) is 2.02. The van der Waals surface area contributed by atoms with E-state index in [-0.39, 0.29) is 0 Å². The number of rotatable bonds is 7. The summed E-state index contributed by atoms with van der Waals surface area (Å²) in [6.07, 6.45) is 9.36. The molecule has 4 nitrogen and oxygen atoms in total. The zero-order chi connectivity index (χ0) is 11.2. The standard InChI is InChI=1S/C12H21N3O/c1-16-10-9-15-8-7-14-12(15)13-6-5-11-3-2-4-11/h7-8,11H,2-6,9-10H2,1H3,(H,13,14). The molecule has 1 aromatic heterocycles. The fraction of sp³-hybridized carbons (Fsp3) is 0.750. The SMILES string of the molecule is COCCn1ccnc1NCCC1CCC1. The summed E-state index contributed by atoms with van der Waals surface area (Å²) in [5, 5.41) is 3.40. The van der Waals surface area contributed by atoms with Gasteiger partial charge in [-0.15, -0.1) is 0 Å². The molecule has 1 aliphatic rings. The van der Waals surface area contributed by atoms with Crippen molar-refractivity contribution in [2.45, 2.75) is 32.2 Å². The molecule has 90 valence electrons. The van der Waals surface area contributed by atoms with Gasteiger partial charge in [-0.25, -0.2) is 4.98 Å². The molecule has 0 saturated heterocycles. The molecule has 0 spiro atoms. The van der Waals surface area contributed by atoms with E-state index in [1.807, 2.05) is 12.4 Å². The van der Waals surface area contributed by atoms with Gasteiger partial charge in [-0.1, -0.05) is 19.3 Å². The van der Waals surface area contributed by atoms with Gasteiger partial charge in [-0.2, -0.15) is 0 Å². The van der Waals surface area contributed by atoms with Crippen molar-refractivity contribution in [3.63, 3.8) is 0 Å². The second-order valence-corrected chi connectivity index (χ2v) is 4.45. The van der Waals surface area contributed by atoms with Gasteiger partial charge in [0.05, 0.1) is 6.61 Å². The van der Waals surface area contributed by atoms with Crippen LogP contribution in [0.3, 0.4) is 0 Å². The van der Waals surface area contributed by atoms with Crippen molar-refractivity contribution in [3.8, 4) is 0 Å². The predicted octanol–water partition coefficient (Wildman–Crippen LogP) is 2.13. The molecular formula is C12H21N3O. The molecule has 0 atom stereocenters. The molecule has 1 N–H and O–H groups in total. The molecule has 1 fully saturated rings. The summed E-state index contributed by atoms with van der Waals surface area (Å²) >= 11 is 0. The van der Waals surface area contributed by atoms with Gasteiger partial charge in [-0.05, 0) is 12.3 Å². The van der Waals surface area contributed by atoms with Crippen molar-refractivity contribution in [1.82, 2.24) is 9.55 Å². The molecule has 0 aromatic carbocycles. The number of aromatic nitrogens is 2. The van der Waals surface area contributed by atoms with Crippen LogP contribution in [-0.4, -0.2) is 29.8 Å². The molecule has 0 radical (unpaired) electrons. The Morgan fingerprint density at radius 3 is 3.12 bits per heavy atom. The molecule has 0 aliphatic heterocycles. The summed E-state index contributed by atoms with van der Waals surface area (Å²) in [5.74, 6) is 1.92. The third-order valence-electron chi connectivity index (χ3n) is 3.31. The van der Waals surface area contributed by atoms with Crippen molar-refractivity contribution in [2.24, 2.45) is 5.92 Å². The van der Waals surface area contributed by atoms with Gasteiger partial charge < -0.3 is 14.6 Å². The lowest BCUT2D eigenvalue weighted by Gasteiger charge is -2.25. The zero-order valence-electron chi connectivity index (χ0n) is 9.98. The van der Waals surface area contributed by atoms with Crippen molar-refractivity contribution in [2.75, 3.05) is 25.6 Å². The van der Waals surface area contributed by atoms with Crippen LogP contribution in [0.4, 0.5) is 5.95 Å². The minimum atomic E-state index is 0.730. The second-order valence-electron chi connectivity index (χ2n) is 4.45. The molecule has 1 heterocycles. The lowest BCUT2D eigenvalue weighted by atomic mass is 9.83. The monoisotopic (exact) mass is 223 g/mol. The zero-order valence-corrected chi connectivity index (χ0v) is 9.98. The van der Waals surface area contributed by atoms with Gasteiger partial charge in [0.15, 0.2) is 0 Å². The molecule has 16 heavy (non-hydrogen) atoms. The second kappa shape index (κ2) is 5.89. The number of nitrogens with zero attached hydrogens (tertiary/aromatic N) is 2. The Morgan fingerprint density at radius 2 is 2.44 bits per heavy atom. The highest BCUT2D eigenvalue weighted by Gasteiger charge is 2.16. The van der Waals surface area contributed by atoms with Crippen molar-refractivity contribution < 1.29 is 4.74 Å². The molecule has 0 bridgehead atoms. The summed E-state index contributed by atoms with van der Waals surface area (Å²) in [5.41, 5.74) is 0. The summed E-state index contributed by atoms with van der Waals surface area (Å²) < 4.78 is 7.16. The van der Waals surface area contributed by atoms with Crippen LogP contribution in [-0.2, 0) is 11.3 Å². The number of nitrogens with one attached hydrogen (secondary N) is 1. The smallest absolute Gasteiger partial charge is 0.202 e. The van der Waals surface area contributed by atoms with Gasteiger partial charge >= 0.3 is 0 Å². The van der Waals surface area contributed by atoms with Gasteiger partial charge in [0.1, 0.15) is 0 Å². The van der Waals surface area contributed by atoms with Crippen LogP contribution in [0, 0.1) is 5.92 Å². The van der Waals surface area contributed by atoms with Crippen molar-refractivity contribution in [1.29, 1.82) is 0 Å². The first-order valence-corrected chi connectivity index (χ1v) is 6.14. The first-order chi connectivity index (χ1) is 7.90. The first-order valence-electron chi connectivity index (χ1n) is 6.14. The summed E-state index contributed by atoms with van der Waals surface area (Å²) in [6.45, 7) is 2.63. The third kappa shape index (κ3) is 2.98. The predicted molar refractivity (Wildman–Crippen MR) is 64.6 cm³/mol. The largest absolute Gasteiger partial charge is 0.383 e. The van der Waals surface area contributed by atoms with Crippen LogP contribution < -0.4 is 5.32 Å². The number of ether oxygens (including phenoxy) is 1. The molecular weight excluding hydrogens is 202 g/mol. The van der Waals surface area contributed by atoms with Crippen LogP contribution in [0.2, 0.25) is 0 Å². The van der Waals surface area contributed by atoms with E-state index in [1.165, 1.54) is 25.7 Å². The van der Waals surface area contributed by atoms with Crippen LogP contribution in [0.5, 0.6) is 0 Å². The highest BCUT2D eigenvalue weighted by atomic mass is 16.5. The van der Waals surface area contributed by atoms with E-state index in [9.17, 15) is 0 Å².